The smallest absolute Gasteiger partial charge is 0.407 e. The zero-order chi connectivity index (χ0) is 41.7. The van der Waals surface area contributed by atoms with Crippen LogP contribution in [0.15, 0.2) is 60.9 Å². The molecule has 314 valence electrons. The van der Waals surface area contributed by atoms with Crippen molar-refractivity contribution >= 4 is 36.2 Å². The summed E-state index contributed by atoms with van der Waals surface area (Å²) in [5.41, 5.74) is 5.57. The first-order chi connectivity index (χ1) is 29.1. The Bertz CT molecular complexity index is 2260. The number of piperidine rings is 2. The van der Waals surface area contributed by atoms with Crippen LogP contribution in [-0.2, 0) is 19.1 Å². The van der Waals surface area contributed by atoms with Crippen LogP contribution in [-0.4, -0.2) is 103 Å². The normalized spacial score (nSPS) is 25.5. The maximum Gasteiger partial charge on any atom is 0.407 e. The Morgan fingerprint density at radius 1 is 0.767 bits per heavy atom. The standard InChI is InChI=1S/C45H52N8O7/c1-24(2)38(51-45(58)59-3)42(54)52-34-18-30(34)20-36(52)40-46-22-32(48-40)27-10-6-25(7-11-27)4-5-26-8-12-28(13-9-26)33-23-47-41(49-33)37-21-31-19-35(31)53(37)43(55)39(50-44(56)57)29-14-16-60-17-15-29/h4-13,22-24,29-31,34-39,50H,14-21H2,1-3H3,(H,46,48)(H,47,49)(H,51,58)(H,56,57)/t30-,31-,34-,35-,36+,37+,38+,39+/m1/s1. The number of methoxy groups -OCH3 is 1. The molecule has 2 aromatic carbocycles. The molecule has 15 heteroatoms. The number of hydrogen-bond acceptors (Lipinski definition) is 8. The molecule has 9 rings (SSSR count). The van der Waals surface area contributed by atoms with Crippen molar-refractivity contribution in [3.05, 3.63) is 83.7 Å². The summed E-state index contributed by atoms with van der Waals surface area (Å²) in [6, 6.07) is 14.8. The summed E-state index contributed by atoms with van der Waals surface area (Å²) < 4.78 is 10.3. The van der Waals surface area contributed by atoms with Gasteiger partial charge in [0.25, 0.3) is 0 Å². The second-order valence-electron chi connectivity index (χ2n) is 17.3. The summed E-state index contributed by atoms with van der Waals surface area (Å²) in [6.07, 6.45) is 10.9. The molecule has 2 aliphatic carbocycles. The lowest BCUT2D eigenvalue weighted by Crippen LogP contribution is -2.53. The van der Waals surface area contributed by atoms with Crippen molar-refractivity contribution in [2.75, 3.05) is 20.3 Å². The van der Waals surface area contributed by atoms with Gasteiger partial charge in [-0.1, -0.05) is 74.5 Å². The molecule has 2 aromatic heterocycles. The summed E-state index contributed by atoms with van der Waals surface area (Å²) in [6.45, 7) is 4.88. The molecule has 8 atom stereocenters. The van der Waals surface area contributed by atoms with E-state index >= 15 is 0 Å². The Morgan fingerprint density at radius 3 is 1.73 bits per heavy atom. The van der Waals surface area contributed by atoms with Crippen LogP contribution in [0.3, 0.4) is 0 Å². The minimum absolute atomic E-state index is 0.0980. The largest absolute Gasteiger partial charge is 0.465 e. The number of amides is 4. The Balaban J connectivity index is 0.828. The number of imidazole rings is 2. The molecule has 4 aromatic rings. The number of carboxylic acid groups (broad SMARTS) is 1. The fourth-order valence-electron chi connectivity index (χ4n) is 9.65. The first kappa shape index (κ1) is 39.5. The lowest BCUT2D eigenvalue weighted by Gasteiger charge is -2.35. The highest BCUT2D eigenvalue weighted by Gasteiger charge is 2.57. The maximum atomic E-state index is 14.0. The zero-order valence-electron chi connectivity index (χ0n) is 34.0. The van der Waals surface area contributed by atoms with Gasteiger partial charge in [-0.05, 0) is 73.3 Å². The summed E-state index contributed by atoms with van der Waals surface area (Å²) in [5, 5.41) is 14.9. The zero-order valence-corrected chi connectivity index (χ0v) is 34.0. The molecule has 4 amide bonds. The quantitative estimate of drug-likeness (QED) is 0.101. The van der Waals surface area contributed by atoms with Crippen molar-refractivity contribution in [3.8, 4) is 22.5 Å². The van der Waals surface area contributed by atoms with Crippen LogP contribution >= 0.6 is 0 Å². The molecule has 3 aliphatic heterocycles. The van der Waals surface area contributed by atoms with Gasteiger partial charge in [-0.2, -0.15) is 0 Å². The molecule has 5 fully saturated rings. The van der Waals surface area contributed by atoms with E-state index in [1.807, 2.05) is 72.4 Å². The van der Waals surface area contributed by atoms with Gasteiger partial charge < -0.3 is 45.0 Å². The number of aromatic amines is 2. The van der Waals surface area contributed by atoms with Crippen LogP contribution in [0.25, 0.3) is 34.7 Å². The number of fused-ring (bicyclic) bond motifs is 2. The SMILES string of the molecule is COC(=O)N[C@H](C(=O)N1[C@@H]2C[C@@H]2C[C@H]1c1nc(-c2ccc(C=Cc3ccc(-c4c[nH]c([C@@H]5C[C@H]6C[C@H]6N5C(=O)[C@@H](NC(=O)O)C5CCOCC5)n4)cc3)cc2)c[nH]1)C(C)C. The highest BCUT2D eigenvalue weighted by Crippen LogP contribution is 2.54. The monoisotopic (exact) mass is 816 g/mol. The van der Waals surface area contributed by atoms with E-state index in [9.17, 15) is 24.3 Å². The van der Waals surface area contributed by atoms with E-state index in [0.29, 0.717) is 37.9 Å². The van der Waals surface area contributed by atoms with E-state index in [1.54, 1.807) is 0 Å². The Kier molecular flexibility index (Phi) is 10.7. The van der Waals surface area contributed by atoms with Crippen LogP contribution in [0, 0.1) is 23.7 Å². The summed E-state index contributed by atoms with van der Waals surface area (Å²) in [7, 11) is 1.30. The van der Waals surface area contributed by atoms with Gasteiger partial charge in [-0.3, -0.25) is 9.59 Å². The molecule has 3 saturated heterocycles. The Hall–Kier alpha value is -5.96. The van der Waals surface area contributed by atoms with E-state index in [4.69, 9.17) is 19.4 Å². The number of rotatable bonds is 12. The Morgan fingerprint density at radius 2 is 1.27 bits per heavy atom. The first-order valence-electron chi connectivity index (χ1n) is 21.1. The number of hydrogen-bond donors (Lipinski definition) is 5. The van der Waals surface area contributed by atoms with Gasteiger partial charge >= 0.3 is 12.2 Å². The number of benzene rings is 2. The molecule has 2 saturated carbocycles. The van der Waals surface area contributed by atoms with Crippen molar-refractivity contribution in [1.82, 2.24) is 40.4 Å². The minimum Gasteiger partial charge on any atom is -0.465 e. The second kappa shape index (κ2) is 16.2. The van der Waals surface area contributed by atoms with Gasteiger partial charge in [-0.25, -0.2) is 19.6 Å². The third-order valence-corrected chi connectivity index (χ3v) is 13.1. The van der Waals surface area contributed by atoms with Crippen molar-refractivity contribution in [2.24, 2.45) is 23.7 Å². The number of carbonyl (C=O) groups excluding carboxylic acids is 3. The predicted molar refractivity (Wildman–Crippen MR) is 222 cm³/mol. The van der Waals surface area contributed by atoms with E-state index in [-0.39, 0.29) is 47.8 Å². The fraction of sp³-hybridized carbons (Fsp3) is 0.467. The van der Waals surface area contributed by atoms with Crippen molar-refractivity contribution in [3.63, 3.8) is 0 Å². The van der Waals surface area contributed by atoms with Gasteiger partial charge in [-0.15, -0.1) is 0 Å². The van der Waals surface area contributed by atoms with Crippen molar-refractivity contribution in [1.29, 1.82) is 0 Å². The van der Waals surface area contributed by atoms with Gasteiger partial charge in [0, 0.05) is 48.8 Å². The number of alkyl carbamates (subject to hydrolysis) is 1. The number of likely N-dealkylation sites (tertiary alicyclic amines) is 2. The number of nitrogens with zero attached hydrogens (tertiary/aromatic N) is 4. The van der Waals surface area contributed by atoms with Crippen LogP contribution in [0.4, 0.5) is 9.59 Å². The molecular weight excluding hydrogens is 765 g/mol. The minimum atomic E-state index is -1.19. The average Bonchev–Trinajstić information content (AvgIpc) is 3.84. The molecule has 15 nitrogen and oxygen atoms in total. The molecule has 60 heavy (non-hydrogen) atoms. The molecular formula is C45H52N8O7. The molecule has 0 unspecified atom stereocenters. The predicted octanol–water partition coefficient (Wildman–Crippen LogP) is 6.40. The van der Waals surface area contributed by atoms with E-state index < -0.39 is 24.3 Å². The third-order valence-electron chi connectivity index (χ3n) is 13.1. The van der Waals surface area contributed by atoms with Crippen LogP contribution < -0.4 is 10.6 Å². The van der Waals surface area contributed by atoms with Crippen LogP contribution in [0.2, 0.25) is 0 Å². The van der Waals surface area contributed by atoms with E-state index in [2.05, 4.69) is 44.9 Å². The number of nitrogens with one attached hydrogen (secondary N) is 4. The van der Waals surface area contributed by atoms with Gasteiger partial charge in [0.05, 0.1) is 30.6 Å². The van der Waals surface area contributed by atoms with Gasteiger partial charge in [0.15, 0.2) is 0 Å². The first-order valence-corrected chi connectivity index (χ1v) is 21.1. The molecule has 5 aliphatic rings. The van der Waals surface area contributed by atoms with Crippen molar-refractivity contribution in [2.45, 2.75) is 88.6 Å². The third kappa shape index (κ3) is 7.89. The number of carbonyl (C=O) groups is 4. The molecule has 0 radical (unpaired) electrons. The molecule has 0 bridgehead atoms. The lowest BCUT2D eigenvalue weighted by molar-refractivity contribution is -0.138. The fourth-order valence-corrected chi connectivity index (χ4v) is 9.65. The molecule has 5 N–H and O–H groups in total. The number of ether oxygens (including phenoxy) is 2. The molecule has 5 heterocycles. The average molecular weight is 817 g/mol. The number of H-pyrrole nitrogens is 2. The summed E-state index contributed by atoms with van der Waals surface area (Å²) >= 11 is 0. The van der Waals surface area contributed by atoms with Gasteiger partial charge in [0.1, 0.15) is 23.7 Å². The van der Waals surface area contributed by atoms with E-state index in [1.165, 1.54) is 7.11 Å². The van der Waals surface area contributed by atoms with Crippen LogP contribution in [0.1, 0.15) is 87.2 Å². The second-order valence-corrected chi connectivity index (χ2v) is 17.3. The summed E-state index contributed by atoms with van der Waals surface area (Å²) in [5.74, 6) is 1.87. The number of aromatic nitrogens is 4. The summed E-state index contributed by atoms with van der Waals surface area (Å²) in [4.78, 5) is 71.9. The van der Waals surface area contributed by atoms with E-state index in [0.717, 1.165) is 71.0 Å². The van der Waals surface area contributed by atoms with Crippen LogP contribution in [0.5, 0.6) is 0 Å². The van der Waals surface area contributed by atoms with Crippen molar-refractivity contribution < 1.29 is 33.8 Å². The highest BCUT2D eigenvalue weighted by molar-refractivity contribution is 5.88. The lowest BCUT2D eigenvalue weighted by atomic mass is 9.90. The topological polar surface area (TPSA) is 195 Å². The highest BCUT2D eigenvalue weighted by atomic mass is 16.5. The molecule has 0 spiro atoms. The Labute approximate surface area is 348 Å². The van der Waals surface area contributed by atoms with Gasteiger partial charge in [0.2, 0.25) is 11.8 Å². The maximum absolute atomic E-state index is 14.0.